The number of aromatic nitrogens is 2. The number of hydrogen-bond donors (Lipinski definition) is 0. The van der Waals surface area contributed by atoms with Gasteiger partial charge in [-0.1, -0.05) is 42.5 Å². The molecule has 0 unspecified atom stereocenters. The van der Waals surface area contributed by atoms with E-state index in [1.165, 1.54) is 28.0 Å². The summed E-state index contributed by atoms with van der Waals surface area (Å²) in [5.74, 6) is 3.01. The number of fused-ring (bicyclic) bond motifs is 1. The predicted molar refractivity (Wildman–Crippen MR) is 115 cm³/mol. The quantitative estimate of drug-likeness (QED) is 0.422. The van der Waals surface area contributed by atoms with Gasteiger partial charge in [-0.25, -0.2) is 9.13 Å². The standard InChI is InChI=1S/C25H27N2O2/c1-4-26-19(2)27(17-20-10-12-22(28-3)13-11-20)24-15-14-23(16-25(24)26)29-18-21-8-6-5-7-9-21/h5-16H,4,17-18H2,1-3H3/q+1. The van der Waals surface area contributed by atoms with Crippen molar-refractivity contribution in [3.8, 4) is 11.5 Å². The Hall–Kier alpha value is -3.27. The van der Waals surface area contributed by atoms with Gasteiger partial charge in [0.1, 0.15) is 24.7 Å². The van der Waals surface area contributed by atoms with Gasteiger partial charge in [0.2, 0.25) is 0 Å². The summed E-state index contributed by atoms with van der Waals surface area (Å²) in [7, 11) is 1.69. The number of ether oxygens (including phenoxy) is 2. The minimum absolute atomic E-state index is 0.573. The summed E-state index contributed by atoms with van der Waals surface area (Å²) in [6, 6.07) is 24.9. The molecule has 4 nitrogen and oxygen atoms in total. The molecule has 4 aromatic rings. The van der Waals surface area contributed by atoms with Crippen LogP contribution in [0.15, 0.2) is 72.8 Å². The lowest BCUT2D eigenvalue weighted by molar-refractivity contribution is -0.669. The van der Waals surface area contributed by atoms with Gasteiger partial charge in [0.05, 0.1) is 13.7 Å². The topological polar surface area (TPSA) is 27.3 Å². The van der Waals surface area contributed by atoms with E-state index in [1.807, 2.05) is 30.3 Å². The first kappa shape index (κ1) is 19.1. The first-order chi connectivity index (χ1) is 14.2. The largest absolute Gasteiger partial charge is 0.497 e. The first-order valence-corrected chi connectivity index (χ1v) is 10.0. The van der Waals surface area contributed by atoms with Crippen LogP contribution in [0, 0.1) is 6.92 Å². The Morgan fingerprint density at radius 2 is 1.59 bits per heavy atom. The van der Waals surface area contributed by atoms with Gasteiger partial charge in [-0.05, 0) is 42.3 Å². The summed E-state index contributed by atoms with van der Waals surface area (Å²) >= 11 is 0. The molecule has 0 amide bonds. The van der Waals surface area contributed by atoms with Gasteiger partial charge in [0, 0.05) is 13.0 Å². The number of methoxy groups -OCH3 is 1. The molecule has 0 N–H and O–H groups in total. The Labute approximate surface area is 171 Å². The van der Waals surface area contributed by atoms with Crippen LogP contribution in [0.5, 0.6) is 11.5 Å². The van der Waals surface area contributed by atoms with Gasteiger partial charge >= 0.3 is 0 Å². The van der Waals surface area contributed by atoms with Crippen molar-refractivity contribution in [1.29, 1.82) is 0 Å². The van der Waals surface area contributed by atoms with Crippen LogP contribution in [0.4, 0.5) is 0 Å². The highest BCUT2D eigenvalue weighted by Gasteiger charge is 2.21. The fraction of sp³-hybridized carbons (Fsp3) is 0.240. The smallest absolute Gasteiger partial charge is 0.254 e. The van der Waals surface area contributed by atoms with Crippen molar-refractivity contribution in [3.05, 3.63) is 89.7 Å². The third-order valence-corrected chi connectivity index (χ3v) is 5.37. The molecule has 0 spiro atoms. The molecule has 0 saturated carbocycles. The molecule has 29 heavy (non-hydrogen) atoms. The zero-order valence-electron chi connectivity index (χ0n) is 17.3. The Kier molecular flexibility index (Phi) is 5.52. The van der Waals surface area contributed by atoms with E-state index < -0.39 is 0 Å². The highest BCUT2D eigenvalue weighted by molar-refractivity contribution is 5.74. The summed E-state index contributed by atoms with van der Waals surface area (Å²) in [6.07, 6.45) is 0. The first-order valence-electron chi connectivity index (χ1n) is 10.0. The van der Waals surface area contributed by atoms with E-state index in [0.717, 1.165) is 24.6 Å². The lowest BCUT2D eigenvalue weighted by atomic mass is 10.2. The Balaban J connectivity index is 1.64. The average Bonchev–Trinajstić information content (AvgIpc) is 3.03. The number of nitrogens with zero attached hydrogens (tertiary/aromatic N) is 2. The third kappa shape index (κ3) is 3.97. The molecule has 0 saturated heterocycles. The lowest BCUT2D eigenvalue weighted by Gasteiger charge is -2.06. The van der Waals surface area contributed by atoms with Crippen molar-refractivity contribution in [2.24, 2.45) is 0 Å². The van der Waals surface area contributed by atoms with Gasteiger partial charge in [-0.15, -0.1) is 0 Å². The zero-order valence-corrected chi connectivity index (χ0v) is 17.3. The van der Waals surface area contributed by atoms with Crippen LogP contribution in [0.2, 0.25) is 0 Å². The van der Waals surface area contributed by atoms with E-state index in [4.69, 9.17) is 9.47 Å². The maximum Gasteiger partial charge on any atom is 0.254 e. The molecule has 4 rings (SSSR count). The summed E-state index contributed by atoms with van der Waals surface area (Å²) in [5.41, 5.74) is 4.83. The highest BCUT2D eigenvalue weighted by Crippen LogP contribution is 2.23. The van der Waals surface area contributed by atoms with Crippen LogP contribution in [0.1, 0.15) is 23.9 Å². The molecule has 1 aromatic heterocycles. The third-order valence-electron chi connectivity index (χ3n) is 5.37. The number of aryl methyl sites for hydroxylation is 1. The van der Waals surface area contributed by atoms with Crippen LogP contribution < -0.4 is 14.0 Å². The minimum atomic E-state index is 0.573. The maximum absolute atomic E-state index is 6.06. The summed E-state index contributed by atoms with van der Waals surface area (Å²) in [5, 5.41) is 0. The van der Waals surface area contributed by atoms with Crippen molar-refractivity contribution in [3.63, 3.8) is 0 Å². The fourth-order valence-corrected chi connectivity index (χ4v) is 3.78. The second kappa shape index (κ2) is 8.39. The minimum Gasteiger partial charge on any atom is -0.497 e. The summed E-state index contributed by atoms with van der Waals surface area (Å²) in [4.78, 5) is 0. The summed E-state index contributed by atoms with van der Waals surface area (Å²) in [6.45, 7) is 6.67. The molecular formula is C25H27N2O2+. The van der Waals surface area contributed by atoms with Gasteiger partial charge < -0.3 is 9.47 Å². The molecule has 0 bridgehead atoms. The van der Waals surface area contributed by atoms with Crippen LogP contribution in [0.25, 0.3) is 11.0 Å². The summed E-state index contributed by atoms with van der Waals surface area (Å²) < 4.78 is 16.0. The van der Waals surface area contributed by atoms with Gasteiger partial charge in [0.15, 0.2) is 11.0 Å². The van der Waals surface area contributed by atoms with Gasteiger partial charge in [0.25, 0.3) is 5.82 Å². The number of hydrogen-bond acceptors (Lipinski definition) is 2. The molecule has 0 atom stereocenters. The molecular weight excluding hydrogens is 360 g/mol. The van der Waals surface area contributed by atoms with E-state index >= 15 is 0 Å². The average molecular weight is 388 g/mol. The second-order valence-electron chi connectivity index (χ2n) is 7.15. The zero-order chi connectivity index (χ0) is 20.2. The van der Waals surface area contributed by atoms with Crippen LogP contribution in [0.3, 0.4) is 0 Å². The van der Waals surface area contributed by atoms with Crippen molar-refractivity contribution < 1.29 is 14.0 Å². The molecule has 3 aromatic carbocycles. The highest BCUT2D eigenvalue weighted by atomic mass is 16.5. The molecule has 4 heteroatoms. The van der Waals surface area contributed by atoms with E-state index in [-0.39, 0.29) is 0 Å². The molecule has 0 aliphatic heterocycles. The van der Waals surface area contributed by atoms with Crippen molar-refractivity contribution in [2.75, 3.05) is 7.11 Å². The maximum atomic E-state index is 6.06. The molecule has 0 aliphatic carbocycles. The van der Waals surface area contributed by atoms with Gasteiger partial charge in [-0.3, -0.25) is 0 Å². The molecule has 0 fully saturated rings. The SMILES string of the molecule is CCn1c(C)[n+](Cc2ccc(OC)cc2)c2ccc(OCc3ccccc3)cc21. The number of imidazole rings is 1. The van der Waals surface area contributed by atoms with E-state index in [1.54, 1.807) is 7.11 Å². The molecule has 148 valence electrons. The van der Waals surface area contributed by atoms with Crippen molar-refractivity contribution in [1.82, 2.24) is 4.57 Å². The molecule has 0 radical (unpaired) electrons. The molecule has 1 heterocycles. The fourth-order valence-electron chi connectivity index (χ4n) is 3.78. The monoisotopic (exact) mass is 387 g/mol. The van der Waals surface area contributed by atoms with Crippen molar-refractivity contribution in [2.45, 2.75) is 33.5 Å². The van der Waals surface area contributed by atoms with E-state index in [9.17, 15) is 0 Å². The van der Waals surface area contributed by atoms with E-state index in [0.29, 0.717) is 6.61 Å². The normalized spacial score (nSPS) is 11.0. The Bertz CT molecular complexity index is 1100. The second-order valence-corrected chi connectivity index (χ2v) is 7.15. The van der Waals surface area contributed by atoms with E-state index in [2.05, 4.69) is 65.4 Å². The predicted octanol–water partition coefficient (Wildman–Crippen LogP) is 4.89. The van der Waals surface area contributed by atoms with Gasteiger partial charge in [-0.2, -0.15) is 0 Å². The number of benzene rings is 3. The van der Waals surface area contributed by atoms with Crippen LogP contribution in [-0.4, -0.2) is 11.7 Å². The molecule has 0 aliphatic rings. The Morgan fingerprint density at radius 1 is 0.862 bits per heavy atom. The lowest BCUT2D eigenvalue weighted by Crippen LogP contribution is -2.37. The van der Waals surface area contributed by atoms with Crippen LogP contribution in [-0.2, 0) is 19.7 Å². The number of rotatable bonds is 7. The van der Waals surface area contributed by atoms with Crippen molar-refractivity contribution >= 4 is 11.0 Å². The Morgan fingerprint density at radius 3 is 2.28 bits per heavy atom. The van der Waals surface area contributed by atoms with Crippen LogP contribution >= 0.6 is 0 Å².